The quantitative estimate of drug-likeness (QED) is 0.561. The number of nitro benzene ring substituents is 1. The number of piperidine rings is 1. The summed E-state index contributed by atoms with van der Waals surface area (Å²) in [5.41, 5.74) is 1.42. The standard InChI is InChI=1S/C19H21N5O5/c25-18(21-8-5-15(6-9-21)23-11-12-29-19(23)26)13-22-10-7-17(20-22)14-1-3-16(4-2-14)24(27)28/h1-4,7,10,15H,5-6,8-9,11-13H2. The van der Waals surface area contributed by atoms with Gasteiger partial charge in [-0.2, -0.15) is 5.10 Å². The first kappa shape index (κ1) is 18.9. The van der Waals surface area contributed by atoms with Crippen molar-refractivity contribution in [2.75, 3.05) is 26.2 Å². The maximum atomic E-state index is 12.6. The molecule has 2 aliphatic heterocycles. The van der Waals surface area contributed by atoms with Crippen LogP contribution in [0.2, 0.25) is 0 Å². The highest BCUT2D eigenvalue weighted by Gasteiger charge is 2.33. The van der Waals surface area contributed by atoms with Crippen molar-refractivity contribution in [2.45, 2.75) is 25.4 Å². The third-order valence-corrected chi connectivity index (χ3v) is 5.36. The van der Waals surface area contributed by atoms with Crippen LogP contribution in [0, 0.1) is 10.1 Å². The first-order valence-corrected chi connectivity index (χ1v) is 9.51. The van der Waals surface area contributed by atoms with E-state index in [2.05, 4.69) is 5.10 Å². The molecule has 2 aliphatic rings. The van der Waals surface area contributed by atoms with Crippen LogP contribution >= 0.6 is 0 Å². The minimum absolute atomic E-state index is 0.0222. The van der Waals surface area contributed by atoms with E-state index >= 15 is 0 Å². The highest BCUT2D eigenvalue weighted by molar-refractivity contribution is 5.76. The van der Waals surface area contributed by atoms with E-state index in [1.807, 2.05) is 0 Å². The minimum Gasteiger partial charge on any atom is -0.448 e. The Morgan fingerprint density at radius 2 is 1.90 bits per heavy atom. The molecule has 0 saturated carbocycles. The Labute approximate surface area is 166 Å². The second-order valence-corrected chi connectivity index (χ2v) is 7.12. The molecule has 0 spiro atoms. The summed E-state index contributed by atoms with van der Waals surface area (Å²) in [5, 5.41) is 15.2. The predicted octanol–water partition coefficient (Wildman–Crippen LogP) is 1.90. The molecule has 2 aromatic rings. The van der Waals surface area contributed by atoms with Crippen LogP contribution in [0.15, 0.2) is 36.5 Å². The first-order chi connectivity index (χ1) is 14.0. The average Bonchev–Trinajstić information content (AvgIpc) is 3.37. The van der Waals surface area contributed by atoms with E-state index in [1.54, 1.807) is 38.9 Å². The van der Waals surface area contributed by atoms with Crippen LogP contribution in [0.25, 0.3) is 11.3 Å². The Kier molecular flexibility index (Phi) is 5.15. The lowest BCUT2D eigenvalue weighted by atomic mass is 10.0. The van der Waals surface area contributed by atoms with Gasteiger partial charge in [0.2, 0.25) is 5.91 Å². The van der Waals surface area contributed by atoms with Crippen LogP contribution < -0.4 is 0 Å². The van der Waals surface area contributed by atoms with Crippen LogP contribution in [0.5, 0.6) is 0 Å². The molecule has 152 valence electrons. The van der Waals surface area contributed by atoms with Crippen LogP contribution in [0.3, 0.4) is 0 Å². The molecule has 0 radical (unpaired) electrons. The van der Waals surface area contributed by atoms with Crippen molar-refractivity contribution in [2.24, 2.45) is 0 Å². The van der Waals surface area contributed by atoms with Gasteiger partial charge in [0.15, 0.2) is 0 Å². The zero-order valence-electron chi connectivity index (χ0n) is 15.8. The molecule has 2 saturated heterocycles. The number of ether oxygens (including phenoxy) is 1. The molecule has 2 fully saturated rings. The van der Waals surface area contributed by atoms with E-state index in [1.165, 1.54) is 12.1 Å². The van der Waals surface area contributed by atoms with Gasteiger partial charge in [0.25, 0.3) is 5.69 Å². The monoisotopic (exact) mass is 399 g/mol. The number of hydrogen-bond donors (Lipinski definition) is 0. The molecule has 0 N–H and O–H groups in total. The van der Waals surface area contributed by atoms with Crippen molar-refractivity contribution < 1.29 is 19.2 Å². The molecule has 1 aromatic carbocycles. The largest absolute Gasteiger partial charge is 0.448 e. The number of hydrogen-bond acceptors (Lipinski definition) is 6. The van der Waals surface area contributed by atoms with Crippen LogP contribution in [0.4, 0.5) is 10.5 Å². The lowest BCUT2D eigenvalue weighted by molar-refractivity contribution is -0.384. The second-order valence-electron chi connectivity index (χ2n) is 7.12. The maximum absolute atomic E-state index is 12.6. The Hall–Kier alpha value is -3.43. The molecule has 0 aliphatic carbocycles. The fourth-order valence-electron chi connectivity index (χ4n) is 3.76. The molecule has 2 amide bonds. The molecule has 1 aromatic heterocycles. The van der Waals surface area contributed by atoms with E-state index in [0.29, 0.717) is 31.9 Å². The summed E-state index contributed by atoms with van der Waals surface area (Å²) < 4.78 is 6.56. The maximum Gasteiger partial charge on any atom is 0.410 e. The second kappa shape index (κ2) is 7.90. The number of non-ortho nitro benzene ring substituents is 1. The number of amides is 2. The van der Waals surface area contributed by atoms with E-state index in [9.17, 15) is 19.7 Å². The minimum atomic E-state index is -0.448. The lowest BCUT2D eigenvalue weighted by Gasteiger charge is -2.35. The molecule has 3 heterocycles. The van der Waals surface area contributed by atoms with Crippen molar-refractivity contribution in [1.82, 2.24) is 19.6 Å². The molecule has 0 atom stereocenters. The SMILES string of the molecule is O=C(Cn1ccc(-c2ccc([N+](=O)[O-])cc2)n1)N1CCC(N2CCOC2=O)CC1. The normalized spacial score (nSPS) is 17.4. The topological polar surface area (TPSA) is 111 Å². The Morgan fingerprint density at radius 3 is 2.52 bits per heavy atom. The highest BCUT2D eigenvalue weighted by atomic mass is 16.6. The summed E-state index contributed by atoms with van der Waals surface area (Å²) in [6, 6.07) is 8.05. The van der Waals surface area contributed by atoms with Crippen molar-refractivity contribution >= 4 is 17.7 Å². The first-order valence-electron chi connectivity index (χ1n) is 9.51. The number of nitrogens with zero attached hydrogens (tertiary/aromatic N) is 5. The summed E-state index contributed by atoms with van der Waals surface area (Å²) in [4.78, 5) is 38.1. The average molecular weight is 399 g/mol. The zero-order chi connectivity index (χ0) is 20.4. The Balaban J connectivity index is 1.32. The fraction of sp³-hybridized carbons (Fsp3) is 0.421. The Bertz CT molecular complexity index is 917. The summed E-state index contributed by atoms with van der Waals surface area (Å²) in [7, 11) is 0. The van der Waals surface area contributed by atoms with E-state index < -0.39 is 4.92 Å². The summed E-state index contributed by atoms with van der Waals surface area (Å²) >= 11 is 0. The molecule has 10 heteroatoms. The highest BCUT2D eigenvalue weighted by Crippen LogP contribution is 2.22. The number of benzene rings is 1. The molecule has 0 bridgehead atoms. The van der Waals surface area contributed by atoms with E-state index in [0.717, 1.165) is 18.4 Å². The van der Waals surface area contributed by atoms with E-state index in [4.69, 9.17) is 4.74 Å². The number of cyclic esters (lactones) is 1. The fourth-order valence-corrected chi connectivity index (χ4v) is 3.76. The van der Waals surface area contributed by atoms with Crippen LogP contribution in [-0.4, -0.2) is 68.8 Å². The number of aromatic nitrogens is 2. The number of carbonyl (C=O) groups excluding carboxylic acids is 2. The lowest BCUT2D eigenvalue weighted by Crippen LogP contribution is -2.47. The Morgan fingerprint density at radius 1 is 1.17 bits per heavy atom. The summed E-state index contributed by atoms with van der Waals surface area (Å²) in [5.74, 6) is -0.0224. The number of rotatable bonds is 5. The van der Waals surface area contributed by atoms with Gasteiger partial charge in [0, 0.05) is 43.0 Å². The third kappa shape index (κ3) is 4.05. The number of likely N-dealkylation sites (tertiary alicyclic amines) is 1. The molecular formula is C19H21N5O5. The van der Waals surface area contributed by atoms with E-state index in [-0.39, 0.29) is 30.3 Å². The van der Waals surface area contributed by atoms with Gasteiger partial charge in [0.05, 0.1) is 17.2 Å². The van der Waals surface area contributed by atoms with Crippen LogP contribution in [-0.2, 0) is 16.1 Å². The number of nitro groups is 1. The molecule has 10 nitrogen and oxygen atoms in total. The van der Waals surface area contributed by atoms with Gasteiger partial charge < -0.3 is 14.5 Å². The number of carbonyl (C=O) groups is 2. The van der Waals surface area contributed by atoms with Crippen molar-refractivity contribution in [3.05, 3.63) is 46.6 Å². The van der Waals surface area contributed by atoms with Crippen molar-refractivity contribution in [3.8, 4) is 11.3 Å². The van der Waals surface area contributed by atoms with Gasteiger partial charge in [-0.05, 0) is 31.0 Å². The van der Waals surface area contributed by atoms with Gasteiger partial charge in [-0.15, -0.1) is 0 Å². The molecule has 4 rings (SSSR count). The smallest absolute Gasteiger partial charge is 0.410 e. The van der Waals surface area contributed by atoms with Gasteiger partial charge in [0.1, 0.15) is 13.2 Å². The predicted molar refractivity (Wildman–Crippen MR) is 102 cm³/mol. The van der Waals surface area contributed by atoms with Crippen LogP contribution in [0.1, 0.15) is 12.8 Å². The zero-order valence-corrected chi connectivity index (χ0v) is 15.8. The molecule has 0 unspecified atom stereocenters. The summed E-state index contributed by atoms with van der Waals surface area (Å²) in [6.07, 6.45) is 2.95. The van der Waals surface area contributed by atoms with Crippen molar-refractivity contribution in [1.29, 1.82) is 0 Å². The van der Waals surface area contributed by atoms with Crippen molar-refractivity contribution in [3.63, 3.8) is 0 Å². The van der Waals surface area contributed by atoms with Gasteiger partial charge in [-0.1, -0.05) is 0 Å². The van der Waals surface area contributed by atoms with Gasteiger partial charge in [-0.25, -0.2) is 4.79 Å². The van der Waals surface area contributed by atoms with Gasteiger partial charge >= 0.3 is 6.09 Å². The molecular weight excluding hydrogens is 378 g/mol. The molecule has 29 heavy (non-hydrogen) atoms. The van der Waals surface area contributed by atoms with Gasteiger partial charge in [-0.3, -0.25) is 19.6 Å². The summed E-state index contributed by atoms with van der Waals surface area (Å²) in [6.45, 7) is 2.39. The third-order valence-electron chi connectivity index (χ3n) is 5.36.